The minimum absolute atomic E-state index is 0.257. The molecule has 5 nitrogen and oxygen atoms in total. The molecule has 3 rings (SSSR count). The van der Waals surface area contributed by atoms with Gasteiger partial charge in [-0.25, -0.2) is 9.78 Å². The fourth-order valence-electron chi connectivity index (χ4n) is 2.85. The molecule has 144 valence electrons. The third-order valence-corrected chi connectivity index (χ3v) is 5.47. The summed E-state index contributed by atoms with van der Waals surface area (Å²) in [5.41, 5.74) is 2.32. The molecule has 0 bridgehead atoms. The summed E-state index contributed by atoms with van der Waals surface area (Å²) in [6, 6.07) is 19.0. The molecule has 6 heteroatoms. The van der Waals surface area contributed by atoms with Crippen LogP contribution in [0.2, 0.25) is 0 Å². The van der Waals surface area contributed by atoms with Gasteiger partial charge in [0, 0.05) is 17.8 Å². The topological polar surface area (TPSA) is 59.5 Å². The number of aromatic nitrogens is 1. The van der Waals surface area contributed by atoms with Crippen LogP contribution in [0.1, 0.15) is 29.2 Å². The van der Waals surface area contributed by atoms with Gasteiger partial charge in [-0.1, -0.05) is 48.5 Å². The van der Waals surface area contributed by atoms with Crippen molar-refractivity contribution in [2.24, 2.45) is 0 Å². The van der Waals surface area contributed by atoms with E-state index in [0.717, 1.165) is 16.3 Å². The number of nitrogens with zero attached hydrogens (tertiary/aromatic N) is 2. The van der Waals surface area contributed by atoms with E-state index in [0.29, 0.717) is 17.1 Å². The number of aryl methyl sites for hydroxylation is 1. The number of carbonyl (C=O) groups excluding carboxylic acids is 2. The zero-order chi connectivity index (χ0) is 20.1. The van der Waals surface area contributed by atoms with Crippen molar-refractivity contribution >= 4 is 28.9 Å². The molecule has 0 spiro atoms. The Bertz CT molecular complexity index is 954. The average molecular weight is 394 g/mol. The molecule has 1 atom stereocenters. The number of benzene rings is 2. The van der Waals surface area contributed by atoms with Crippen molar-refractivity contribution < 1.29 is 14.3 Å². The summed E-state index contributed by atoms with van der Waals surface area (Å²) in [6.07, 6.45) is -0.894. The molecule has 0 aliphatic heterocycles. The van der Waals surface area contributed by atoms with Gasteiger partial charge in [0.25, 0.3) is 5.91 Å². The number of ether oxygens (including phenoxy) is 1. The number of thiazole rings is 1. The Hall–Kier alpha value is -2.99. The van der Waals surface area contributed by atoms with Crippen molar-refractivity contribution in [2.45, 2.75) is 26.9 Å². The second-order valence-corrected chi connectivity index (χ2v) is 7.26. The van der Waals surface area contributed by atoms with E-state index in [1.54, 1.807) is 18.7 Å². The second-order valence-electron chi connectivity index (χ2n) is 6.27. The van der Waals surface area contributed by atoms with E-state index in [1.807, 2.05) is 67.6 Å². The Morgan fingerprint density at radius 2 is 1.68 bits per heavy atom. The predicted molar refractivity (Wildman–Crippen MR) is 112 cm³/mol. The molecule has 0 saturated heterocycles. The maximum atomic E-state index is 12.8. The number of carbonyl (C=O) groups is 2. The normalized spacial score (nSPS) is 11.7. The van der Waals surface area contributed by atoms with E-state index in [1.165, 1.54) is 11.3 Å². The van der Waals surface area contributed by atoms with E-state index in [9.17, 15) is 9.59 Å². The van der Waals surface area contributed by atoms with E-state index < -0.39 is 12.1 Å². The van der Waals surface area contributed by atoms with Gasteiger partial charge in [-0.15, -0.1) is 11.3 Å². The number of esters is 1. The van der Waals surface area contributed by atoms with Crippen molar-refractivity contribution in [3.05, 3.63) is 71.2 Å². The lowest BCUT2D eigenvalue weighted by molar-refractivity contribution is -0.126. The van der Waals surface area contributed by atoms with Gasteiger partial charge in [0.2, 0.25) is 0 Å². The van der Waals surface area contributed by atoms with E-state index in [-0.39, 0.29) is 5.91 Å². The van der Waals surface area contributed by atoms with Crippen LogP contribution in [0.15, 0.2) is 60.7 Å². The molecule has 0 unspecified atom stereocenters. The van der Waals surface area contributed by atoms with Gasteiger partial charge >= 0.3 is 5.97 Å². The number of likely N-dealkylation sites (N-methyl/N-ethyl adjacent to an activating group) is 1. The lowest BCUT2D eigenvalue weighted by Gasteiger charge is -2.24. The summed E-state index contributed by atoms with van der Waals surface area (Å²) < 4.78 is 5.47. The van der Waals surface area contributed by atoms with Crippen LogP contribution in [0.4, 0.5) is 5.69 Å². The molecule has 1 amide bonds. The Kier molecular flexibility index (Phi) is 6.21. The molecule has 3 aromatic rings. The Morgan fingerprint density at radius 1 is 1.07 bits per heavy atom. The van der Waals surface area contributed by atoms with Gasteiger partial charge in [-0.05, 0) is 32.9 Å². The molecular formula is C22H22N2O3S. The van der Waals surface area contributed by atoms with Gasteiger partial charge in [0.05, 0.1) is 5.69 Å². The molecule has 0 saturated carbocycles. The van der Waals surface area contributed by atoms with Crippen LogP contribution in [0.25, 0.3) is 10.6 Å². The molecule has 0 N–H and O–H groups in total. The van der Waals surface area contributed by atoms with Gasteiger partial charge < -0.3 is 9.64 Å². The molecule has 1 heterocycles. The molecule has 0 aliphatic rings. The number of para-hydroxylation sites is 1. The van der Waals surface area contributed by atoms with Gasteiger partial charge in [-0.3, -0.25) is 4.79 Å². The Balaban J connectivity index is 1.74. The van der Waals surface area contributed by atoms with E-state index in [2.05, 4.69) is 4.98 Å². The molecular weight excluding hydrogens is 372 g/mol. The highest BCUT2D eigenvalue weighted by Crippen LogP contribution is 2.28. The summed E-state index contributed by atoms with van der Waals surface area (Å²) in [6.45, 7) is 5.75. The molecule has 28 heavy (non-hydrogen) atoms. The van der Waals surface area contributed by atoms with Gasteiger partial charge in [0.1, 0.15) is 9.88 Å². The van der Waals surface area contributed by atoms with Crippen molar-refractivity contribution in [3.63, 3.8) is 0 Å². The quantitative estimate of drug-likeness (QED) is 0.568. The maximum Gasteiger partial charge on any atom is 0.351 e. The summed E-state index contributed by atoms with van der Waals surface area (Å²) in [7, 11) is 0. The van der Waals surface area contributed by atoms with Crippen molar-refractivity contribution in [3.8, 4) is 10.6 Å². The second kappa shape index (κ2) is 8.80. The Morgan fingerprint density at radius 3 is 2.29 bits per heavy atom. The summed E-state index contributed by atoms with van der Waals surface area (Å²) in [5, 5.41) is 0.753. The standard InChI is InChI=1S/C22H22N2O3S/c1-4-24(18-13-9-6-10-14-18)21(25)16(3)27-22(26)19-15(2)23-20(28-19)17-11-7-5-8-12-17/h5-14,16H,4H2,1-3H3/t16-/m1/s1. The minimum atomic E-state index is -0.894. The number of amides is 1. The lowest BCUT2D eigenvalue weighted by Crippen LogP contribution is -2.40. The number of anilines is 1. The van der Waals surface area contributed by atoms with Crippen LogP contribution in [-0.2, 0) is 9.53 Å². The highest BCUT2D eigenvalue weighted by molar-refractivity contribution is 7.17. The fourth-order valence-corrected chi connectivity index (χ4v) is 3.80. The third-order valence-electron chi connectivity index (χ3n) is 4.28. The fraction of sp³-hybridized carbons (Fsp3) is 0.227. The summed E-state index contributed by atoms with van der Waals surface area (Å²) in [5.74, 6) is -0.783. The molecule has 1 aromatic heterocycles. The van der Waals surface area contributed by atoms with Gasteiger partial charge in [-0.2, -0.15) is 0 Å². The van der Waals surface area contributed by atoms with E-state index >= 15 is 0 Å². The van der Waals surface area contributed by atoms with Crippen LogP contribution in [-0.4, -0.2) is 29.5 Å². The van der Waals surface area contributed by atoms with E-state index in [4.69, 9.17) is 4.74 Å². The van der Waals surface area contributed by atoms with Crippen LogP contribution in [0, 0.1) is 6.92 Å². The summed E-state index contributed by atoms with van der Waals surface area (Å²) >= 11 is 1.27. The predicted octanol–water partition coefficient (Wildman–Crippen LogP) is 4.72. The summed E-state index contributed by atoms with van der Waals surface area (Å²) in [4.78, 5) is 31.9. The van der Waals surface area contributed by atoms with Crippen LogP contribution < -0.4 is 4.90 Å². The first-order valence-corrected chi connectivity index (χ1v) is 9.93. The lowest BCUT2D eigenvalue weighted by atomic mass is 10.2. The minimum Gasteiger partial charge on any atom is -0.448 e. The van der Waals surface area contributed by atoms with Crippen LogP contribution in [0.5, 0.6) is 0 Å². The Labute approximate surface area is 168 Å². The number of rotatable bonds is 6. The smallest absolute Gasteiger partial charge is 0.351 e. The molecule has 0 fully saturated rings. The first-order chi connectivity index (χ1) is 13.5. The maximum absolute atomic E-state index is 12.8. The largest absolute Gasteiger partial charge is 0.448 e. The highest BCUT2D eigenvalue weighted by atomic mass is 32.1. The van der Waals surface area contributed by atoms with Crippen LogP contribution >= 0.6 is 11.3 Å². The van der Waals surface area contributed by atoms with Crippen molar-refractivity contribution in [2.75, 3.05) is 11.4 Å². The monoisotopic (exact) mass is 394 g/mol. The first kappa shape index (κ1) is 19.8. The molecule has 2 aromatic carbocycles. The SMILES string of the molecule is CCN(C(=O)[C@@H](C)OC(=O)c1sc(-c2ccccc2)nc1C)c1ccccc1. The zero-order valence-corrected chi connectivity index (χ0v) is 16.9. The number of hydrogen-bond acceptors (Lipinski definition) is 5. The first-order valence-electron chi connectivity index (χ1n) is 9.11. The van der Waals surface area contributed by atoms with Crippen LogP contribution in [0.3, 0.4) is 0 Å². The average Bonchev–Trinajstić information content (AvgIpc) is 3.11. The zero-order valence-electron chi connectivity index (χ0n) is 16.1. The van der Waals surface area contributed by atoms with Crippen molar-refractivity contribution in [1.29, 1.82) is 0 Å². The molecule has 0 radical (unpaired) electrons. The third kappa shape index (κ3) is 4.28. The molecule has 0 aliphatic carbocycles. The van der Waals surface area contributed by atoms with Crippen molar-refractivity contribution in [1.82, 2.24) is 4.98 Å². The highest BCUT2D eigenvalue weighted by Gasteiger charge is 2.26. The van der Waals surface area contributed by atoms with Gasteiger partial charge in [0.15, 0.2) is 6.10 Å². The number of hydrogen-bond donors (Lipinski definition) is 0.